The Labute approximate surface area is 68.8 Å². The molecule has 0 spiro atoms. The van der Waals surface area contributed by atoms with Crippen LogP contribution in [0.15, 0.2) is 18.2 Å². The number of rotatable bonds is 1. The van der Waals surface area contributed by atoms with Crippen LogP contribution in [0.3, 0.4) is 0 Å². The summed E-state index contributed by atoms with van der Waals surface area (Å²) in [5, 5.41) is 0. The molecule has 5 heteroatoms. The van der Waals surface area contributed by atoms with Gasteiger partial charge in [0.25, 0.3) is 5.66 Å². The van der Waals surface area contributed by atoms with Crippen LogP contribution in [0, 0.1) is 11.6 Å². The quantitative estimate of drug-likeness (QED) is 0.478. The van der Waals surface area contributed by atoms with E-state index in [0.29, 0.717) is 0 Å². The molecule has 1 aromatic rings. The van der Waals surface area contributed by atoms with E-state index in [0.717, 1.165) is 27.4 Å². The average Bonchev–Trinajstić information content (AvgIpc) is 1.92. The van der Waals surface area contributed by atoms with Gasteiger partial charge in [-0.05, 0) is 12.1 Å². The van der Waals surface area contributed by atoms with E-state index in [2.05, 4.69) is 0 Å². The fourth-order valence-electron chi connectivity index (χ4n) is 0.761. The van der Waals surface area contributed by atoms with Gasteiger partial charge in [0.2, 0.25) is 0 Å². The van der Waals surface area contributed by atoms with Crippen molar-refractivity contribution in [1.82, 2.24) is 0 Å². The Morgan fingerprint density at radius 2 is 1.75 bits per heavy atom. The molecule has 1 rings (SSSR count). The van der Waals surface area contributed by atoms with E-state index in [9.17, 15) is 17.6 Å². The van der Waals surface area contributed by atoms with Crippen LogP contribution in [0.25, 0.3) is 0 Å². The molecule has 0 N–H and O–H groups in total. The molecule has 0 heterocycles. The first-order valence-corrected chi connectivity index (χ1v) is 3.62. The molecule has 0 aromatic heterocycles. The van der Waals surface area contributed by atoms with Gasteiger partial charge in [0.15, 0.2) is 11.6 Å². The van der Waals surface area contributed by atoms with Crippen LogP contribution >= 0.6 is 9.24 Å². The maximum absolute atomic E-state index is 12.6. The zero-order valence-corrected chi connectivity index (χ0v) is 6.98. The van der Waals surface area contributed by atoms with Gasteiger partial charge < -0.3 is 0 Å². The van der Waals surface area contributed by atoms with Gasteiger partial charge in [0.05, 0.1) is 5.56 Å². The van der Waals surface area contributed by atoms with Crippen LogP contribution in [0.1, 0.15) is 5.56 Å². The molecule has 0 aliphatic heterocycles. The molecular weight excluding hydrogens is 191 g/mol. The SMILES string of the molecule is Fc1cccc(C(F)(F)P)c1F. The minimum atomic E-state index is -3.42. The maximum atomic E-state index is 12.6. The number of alkyl halides is 2. The summed E-state index contributed by atoms with van der Waals surface area (Å²) in [5.41, 5.74) is -4.38. The molecular formula is C7H5F4P. The second kappa shape index (κ2) is 3.02. The number of hydrogen-bond acceptors (Lipinski definition) is 0. The van der Waals surface area contributed by atoms with Gasteiger partial charge in [-0.2, -0.15) is 8.78 Å². The molecule has 12 heavy (non-hydrogen) atoms. The van der Waals surface area contributed by atoms with Crippen molar-refractivity contribution < 1.29 is 17.6 Å². The highest BCUT2D eigenvalue weighted by atomic mass is 31.0. The van der Waals surface area contributed by atoms with Gasteiger partial charge in [-0.1, -0.05) is 15.3 Å². The summed E-state index contributed by atoms with van der Waals surface area (Å²) in [4.78, 5) is 0. The first-order valence-electron chi connectivity index (χ1n) is 3.04. The third kappa shape index (κ3) is 1.75. The topological polar surface area (TPSA) is 0 Å². The van der Waals surface area contributed by atoms with Crippen molar-refractivity contribution in [3.05, 3.63) is 35.4 Å². The van der Waals surface area contributed by atoms with Gasteiger partial charge in [0, 0.05) is 0 Å². The van der Waals surface area contributed by atoms with Gasteiger partial charge in [0.1, 0.15) is 0 Å². The highest BCUT2D eigenvalue weighted by Crippen LogP contribution is 2.36. The molecule has 1 aromatic carbocycles. The Morgan fingerprint density at radius 1 is 1.17 bits per heavy atom. The third-order valence-corrected chi connectivity index (χ3v) is 1.62. The second-order valence-electron chi connectivity index (χ2n) is 2.22. The van der Waals surface area contributed by atoms with Crippen molar-refractivity contribution >= 4 is 9.24 Å². The highest BCUT2D eigenvalue weighted by Gasteiger charge is 2.29. The lowest BCUT2D eigenvalue weighted by atomic mass is 10.2. The molecule has 0 radical (unpaired) electrons. The minimum Gasteiger partial charge on any atom is -0.204 e. The molecule has 0 saturated carbocycles. The highest BCUT2D eigenvalue weighted by molar-refractivity contribution is 7.17. The van der Waals surface area contributed by atoms with Gasteiger partial charge in [-0.25, -0.2) is 8.78 Å². The smallest absolute Gasteiger partial charge is 0.204 e. The molecule has 0 aliphatic carbocycles. The summed E-state index contributed by atoms with van der Waals surface area (Å²) < 4.78 is 49.9. The van der Waals surface area contributed by atoms with Crippen molar-refractivity contribution in [2.45, 2.75) is 5.66 Å². The lowest BCUT2D eigenvalue weighted by Crippen LogP contribution is -2.06. The van der Waals surface area contributed by atoms with Gasteiger partial charge in [-0.3, -0.25) is 0 Å². The predicted molar refractivity (Wildman–Crippen MR) is 40.0 cm³/mol. The Hall–Kier alpha value is -0.630. The van der Waals surface area contributed by atoms with Crippen LogP contribution in [0.5, 0.6) is 0 Å². The number of benzene rings is 1. The monoisotopic (exact) mass is 196 g/mol. The largest absolute Gasteiger partial charge is 0.286 e. The molecule has 0 fully saturated rings. The van der Waals surface area contributed by atoms with Crippen molar-refractivity contribution in [3.8, 4) is 0 Å². The van der Waals surface area contributed by atoms with Crippen LogP contribution in [-0.2, 0) is 5.66 Å². The zero-order valence-electron chi connectivity index (χ0n) is 5.82. The maximum Gasteiger partial charge on any atom is 0.286 e. The Balaban J connectivity index is 3.26. The predicted octanol–water partition coefficient (Wildman–Crippen LogP) is 2.89. The van der Waals surface area contributed by atoms with E-state index in [-0.39, 0.29) is 0 Å². The van der Waals surface area contributed by atoms with Gasteiger partial charge >= 0.3 is 0 Å². The summed E-state index contributed by atoms with van der Waals surface area (Å²) in [5.74, 6) is -2.77. The summed E-state index contributed by atoms with van der Waals surface area (Å²) in [6.07, 6.45) is 0. The fourth-order valence-corrected chi connectivity index (χ4v) is 0.984. The summed E-state index contributed by atoms with van der Waals surface area (Å²) in [7, 11) is 1.15. The summed E-state index contributed by atoms with van der Waals surface area (Å²) in [6, 6.07) is 2.66. The second-order valence-corrected chi connectivity index (χ2v) is 2.95. The molecule has 0 amide bonds. The van der Waals surface area contributed by atoms with Gasteiger partial charge in [-0.15, -0.1) is 0 Å². The molecule has 66 valence electrons. The Kier molecular flexibility index (Phi) is 2.38. The first-order chi connectivity index (χ1) is 5.43. The van der Waals surface area contributed by atoms with E-state index >= 15 is 0 Å². The minimum absolute atomic E-state index is 0.787. The molecule has 0 nitrogen and oxygen atoms in total. The molecule has 0 saturated heterocycles. The summed E-state index contributed by atoms with van der Waals surface area (Å²) in [6.45, 7) is 0. The van der Waals surface area contributed by atoms with E-state index in [1.165, 1.54) is 0 Å². The van der Waals surface area contributed by atoms with Crippen LogP contribution < -0.4 is 0 Å². The van der Waals surface area contributed by atoms with Crippen molar-refractivity contribution in [2.24, 2.45) is 0 Å². The molecule has 0 aliphatic rings. The van der Waals surface area contributed by atoms with Crippen molar-refractivity contribution in [2.75, 3.05) is 0 Å². The van der Waals surface area contributed by atoms with E-state index < -0.39 is 22.9 Å². The summed E-state index contributed by atoms with van der Waals surface area (Å²) >= 11 is 0. The molecule has 1 atom stereocenters. The van der Waals surface area contributed by atoms with Crippen molar-refractivity contribution in [3.63, 3.8) is 0 Å². The molecule has 0 bridgehead atoms. The third-order valence-electron chi connectivity index (χ3n) is 1.31. The van der Waals surface area contributed by atoms with Crippen LogP contribution in [-0.4, -0.2) is 0 Å². The first kappa shape index (κ1) is 9.46. The lowest BCUT2D eigenvalue weighted by molar-refractivity contribution is 0.0982. The van der Waals surface area contributed by atoms with Crippen LogP contribution in [0.4, 0.5) is 17.6 Å². The Bertz CT molecular complexity index is 292. The van der Waals surface area contributed by atoms with Crippen molar-refractivity contribution in [1.29, 1.82) is 0 Å². The Morgan fingerprint density at radius 3 is 2.17 bits per heavy atom. The lowest BCUT2D eigenvalue weighted by Gasteiger charge is -2.10. The van der Waals surface area contributed by atoms with Crippen LogP contribution in [0.2, 0.25) is 0 Å². The number of hydrogen-bond donors (Lipinski definition) is 0. The van der Waals surface area contributed by atoms with E-state index in [1.54, 1.807) is 0 Å². The fraction of sp³-hybridized carbons (Fsp3) is 0.143. The standard InChI is InChI=1S/C7H5F4P/c8-5-3-1-2-4(6(5)9)7(10,11)12/h1-3H,12H2. The average molecular weight is 196 g/mol. The van der Waals surface area contributed by atoms with E-state index in [1.807, 2.05) is 0 Å². The normalized spacial score (nSPS) is 11.8. The van der Waals surface area contributed by atoms with E-state index in [4.69, 9.17) is 0 Å². The number of halogens is 4. The molecule has 1 unspecified atom stereocenters. The zero-order chi connectivity index (χ0) is 9.35.